The molecule has 0 saturated carbocycles. The molecular formula is C14H19N5O. The SMILES string of the molecule is Nc1ccc2nc(NCCC(=O)N3CCCC3)[nH]c2c1. The summed E-state index contributed by atoms with van der Waals surface area (Å²) in [6.07, 6.45) is 2.76. The second-order valence-electron chi connectivity index (χ2n) is 5.13. The molecule has 1 saturated heterocycles. The smallest absolute Gasteiger partial charge is 0.224 e. The van der Waals surface area contributed by atoms with E-state index in [1.54, 1.807) is 0 Å². The van der Waals surface area contributed by atoms with E-state index in [0.717, 1.165) is 37.0 Å². The van der Waals surface area contributed by atoms with E-state index in [9.17, 15) is 4.79 Å². The molecule has 20 heavy (non-hydrogen) atoms. The highest BCUT2D eigenvalue weighted by Crippen LogP contribution is 2.17. The Morgan fingerprint density at radius 1 is 1.40 bits per heavy atom. The van der Waals surface area contributed by atoms with Gasteiger partial charge in [-0.1, -0.05) is 0 Å². The second kappa shape index (κ2) is 5.40. The molecule has 4 N–H and O–H groups in total. The van der Waals surface area contributed by atoms with Crippen molar-refractivity contribution in [1.29, 1.82) is 0 Å². The number of hydrogen-bond acceptors (Lipinski definition) is 4. The molecule has 1 aromatic heterocycles. The highest BCUT2D eigenvalue weighted by molar-refractivity contribution is 5.81. The van der Waals surface area contributed by atoms with Gasteiger partial charge in [0.05, 0.1) is 11.0 Å². The summed E-state index contributed by atoms with van der Waals surface area (Å²) in [5.41, 5.74) is 8.20. The number of anilines is 2. The Labute approximate surface area is 117 Å². The van der Waals surface area contributed by atoms with E-state index in [1.165, 1.54) is 0 Å². The first kappa shape index (κ1) is 12.8. The molecule has 106 valence electrons. The van der Waals surface area contributed by atoms with Crippen molar-refractivity contribution in [2.45, 2.75) is 19.3 Å². The molecule has 0 spiro atoms. The number of carbonyl (C=O) groups excluding carboxylic acids is 1. The molecule has 2 heterocycles. The Bertz CT molecular complexity index is 615. The van der Waals surface area contributed by atoms with Crippen molar-refractivity contribution in [2.24, 2.45) is 0 Å². The molecule has 0 unspecified atom stereocenters. The molecule has 1 aliphatic heterocycles. The maximum Gasteiger partial charge on any atom is 0.224 e. The highest BCUT2D eigenvalue weighted by atomic mass is 16.2. The van der Waals surface area contributed by atoms with Gasteiger partial charge in [0.15, 0.2) is 0 Å². The zero-order valence-electron chi connectivity index (χ0n) is 11.4. The van der Waals surface area contributed by atoms with Crippen LogP contribution in [0.3, 0.4) is 0 Å². The molecule has 1 fully saturated rings. The van der Waals surface area contributed by atoms with E-state index in [2.05, 4.69) is 15.3 Å². The van der Waals surface area contributed by atoms with Crippen molar-refractivity contribution in [2.75, 3.05) is 30.7 Å². The lowest BCUT2D eigenvalue weighted by Gasteiger charge is -2.14. The van der Waals surface area contributed by atoms with Gasteiger partial charge in [0.25, 0.3) is 0 Å². The van der Waals surface area contributed by atoms with E-state index in [0.29, 0.717) is 24.6 Å². The number of nitrogen functional groups attached to an aromatic ring is 1. The van der Waals surface area contributed by atoms with E-state index in [-0.39, 0.29) is 5.91 Å². The largest absolute Gasteiger partial charge is 0.399 e. The predicted molar refractivity (Wildman–Crippen MR) is 79.4 cm³/mol. The summed E-state index contributed by atoms with van der Waals surface area (Å²) in [5.74, 6) is 0.898. The monoisotopic (exact) mass is 273 g/mol. The second-order valence-corrected chi connectivity index (χ2v) is 5.13. The Kier molecular flexibility index (Phi) is 3.45. The first-order valence-electron chi connectivity index (χ1n) is 6.99. The first-order chi connectivity index (χ1) is 9.72. The van der Waals surface area contributed by atoms with Crippen LogP contribution in [-0.4, -0.2) is 40.4 Å². The van der Waals surface area contributed by atoms with Crippen molar-refractivity contribution < 1.29 is 4.79 Å². The summed E-state index contributed by atoms with van der Waals surface area (Å²) in [5, 5.41) is 3.15. The average Bonchev–Trinajstić information content (AvgIpc) is 3.06. The van der Waals surface area contributed by atoms with Crippen LogP contribution in [-0.2, 0) is 4.79 Å². The molecule has 6 heteroatoms. The van der Waals surface area contributed by atoms with Gasteiger partial charge < -0.3 is 20.9 Å². The third-order valence-electron chi connectivity index (χ3n) is 3.60. The summed E-state index contributed by atoms with van der Waals surface area (Å²) in [7, 11) is 0. The number of nitrogens with zero attached hydrogens (tertiary/aromatic N) is 2. The van der Waals surface area contributed by atoms with E-state index >= 15 is 0 Å². The number of H-pyrrole nitrogens is 1. The van der Waals surface area contributed by atoms with Crippen LogP contribution in [0, 0.1) is 0 Å². The van der Waals surface area contributed by atoms with Crippen LogP contribution in [0.5, 0.6) is 0 Å². The Hall–Kier alpha value is -2.24. The third kappa shape index (κ3) is 2.68. The van der Waals surface area contributed by atoms with Crippen LogP contribution in [0.4, 0.5) is 11.6 Å². The lowest BCUT2D eigenvalue weighted by molar-refractivity contribution is -0.129. The van der Waals surface area contributed by atoms with Gasteiger partial charge in [-0.2, -0.15) is 0 Å². The number of aromatic nitrogens is 2. The number of nitrogens with two attached hydrogens (primary N) is 1. The lowest BCUT2D eigenvalue weighted by Crippen LogP contribution is -2.29. The molecular weight excluding hydrogens is 254 g/mol. The summed E-state index contributed by atoms with van der Waals surface area (Å²) in [4.78, 5) is 21.4. The lowest BCUT2D eigenvalue weighted by atomic mass is 10.3. The fourth-order valence-electron chi connectivity index (χ4n) is 2.52. The van der Waals surface area contributed by atoms with Crippen LogP contribution >= 0.6 is 0 Å². The van der Waals surface area contributed by atoms with Crippen LogP contribution in [0.1, 0.15) is 19.3 Å². The Morgan fingerprint density at radius 3 is 3.00 bits per heavy atom. The standard InChI is InChI=1S/C14H19N5O/c15-10-3-4-11-12(9-10)18-14(17-11)16-6-5-13(20)19-7-1-2-8-19/h3-4,9H,1-2,5-8,15H2,(H2,16,17,18). The highest BCUT2D eigenvalue weighted by Gasteiger charge is 2.17. The predicted octanol–water partition coefficient (Wildman–Crippen LogP) is 1.57. The number of likely N-dealkylation sites (tertiary alicyclic amines) is 1. The summed E-state index contributed by atoms with van der Waals surface area (Å²) >= 11 is 0. The fraction of sp³-hybridized carbons (Fsp3) is 0.429. The molecule has 6 nitrogen and oxygen atoms in total. The van der Waals surface area contributed by atoms with Gasteiger partial charge in [-0.25, -0.2) is 4.98 Å². The minimum Gasteiger partial charge on any atom is -0.399 e. The maximum absolute atomic E-state index is 11.9. The van der Waals surface area contributed by atoms with Gasteiger partial charge in [-0.15, -0.1) is 0 Å². The number of amides is 1. The van der Waals surface area contributed by atoms with E-state index in [4.69, 9.17) is 5.73 Å². The van der Waals surface area contributed by atoms with Gasteiger partial charge in [-0.3, -0.25) is 4.79 Å². The van der Waals surface area contributed by atoms with Crippen molar-refractivity contribution in [3.8, 4) is 0 Å². The zero-order chi connectivity index (χ0) is 13.9. The minimum atomic E-state index is 0.218. The normalized spacial score (nSPS) is 14.9. The summed E-state index contributed by atoms with van der Waals surface area (Å²) < 4.78 is 0. The Morgan fingerprint density at radius 2 is 2.20 bits per heavy atom. The molecule has 1 amide bonds. The molecule has 1 aromatic carbocycles. The first-order valence-corrected chi connectivity index (χ1v) is 6.99. The molecule has 0 aliphatic carbocycles. The van der Waals surface area contributed by atoms with Crippen LogP contribution in [0.25, 0.3) is 11.0 Å². The molecule has 0 radical (unpaired) electrons. The van der Waals surface area contributed by atoms with E-state index in [1.807, 2.05) is 23.1 Å². The van der Waals surface area contributed by atoms with Gasteiger partial charge in [0.2, 0.25) is 11.9 Å². The molecule has 3 rings (SSSR count). The fourth-order valence-corrected chi connectivity index (χ4v) is 2.52. The van der Waals surface area contributed by atoms with Crippen molar-refractivity contribution in [1.82, 2.24) is 14.9 Å². The minimum absolute atomic E-state index is 0.218. The summed E-state index contributed by atoms with van der Waals surface area (Å²) in [6.45, 7) is 2.40. The van der Waals surface area contributed by atoms with Gasteiger partial charge in [0, 0.05) is 31.7 Å². The van der Waals surface area contributed by atoms with Crippen LogP contribution < -0.4 is 11.1 Å². The van der Waals surface area contributed by atoms with Crippen molar-refractivity contribution in [3.05, 3.63) is 18.2 Å². The van der Waals surface area contributed by atoms with Crippen molar-refractivity contribution in [3.63, 3.8) is 0 Å². The summed E-state index contributed by atoms with van der Waals surface area (Å²) in [6, 6.07) is 5.55. The molecule has 0 bridgehead atoms. The number of nitrogens with one attached hydrogen (secondary N) is 2. The number of carbonyl (C=O) groups is 1. The number of hydrogen-bond donors (Lipinski definition) is 3. The molecule has 0 atom stereocenters. The zero-order valence-corrected chi connectivity index (χ0v) is 11.4. The molecule has 2 aromatic rings. The average molecular weight is 273 g/mol. The van der Waals surface area contributed by atoms with Gasteiger partial charge in [0.1, 0.15) is 0 Å². The quantitative estimate of drug-likeness (QED) is 0.738. The van der Waals surface area contributed by atoms with Crippen molar-refractivity contribution >= 4 is 28.6 Å². The topological polar surface area (TPSA) is 87.0 Å². The van der Waals surface area contributed by atoms with Gasteiger partial charge >= 0.3 is 0 Å². The number of imidazole rings is 1. The maximum atomic E-state index is 11.9. The number of aromatic amines is 1. The third-order valence-corrected chi connectivity index (χ3v) is 3.60. The molecule has 1 aliphatic rings. The number of benzene rings is 1. The van der Waals surface area contributed by atoms with Gasteiger partial charge in [-0.05, 0) is 31.0 Å². The van der Waals surface area contributed by atoms with Crippen LogP contribution in [0.15, 0.2) is 18.2 Å². The van der Waals surface area contributed by atoms with Crippen LogP contribution in [0.2, 0.25) is 0 Å². The number of fused-ring (bicyclic) bond motifs is 1. The Balaban J connectivity index is 1.55. The van der Waals surface area contributed by atoms with E-state index < -0.39 is 0 Å². The number of rotatable bonds is 4.